The van der Waals surface area contributed by atoms with E-state index >= 15 is 0 Å². The molecule has 1 unspecified atom stereocenters. The summed E-state index contributed by atoms with van der Waals surface area (Å²) in [5.41, 5.74) is 2.95. The van der Waals surface area contributed by atoms with E-state index in [1.54, 1.807) is 12.1 Å². The van der Waals surface area contributed by atoms with Gasteiger partial charge in [0, 0.05) is 57.3 Å². The number of hydrogen-bond donors (Lipinski definition) is 0. The molecule has 0 bridgehead atoms. The van der Waals surface area contributed by atoms with Crippen LogP contribution in [0, 0.1) is 35.8 Å². The summed E-state index contributed by atoms with van der Waals surface area (Å²) in [6.45, 7) is 26.9. The second-order valence-corrected chi connectivity index (χ2v) is 18.6. The van der Waals surface area contributed by atoms with Crippen molar-refractivity contribution in [2.75, 3.05) is 74.8 Å². The molecule has 372 valence electrons. The molecule has 1 fully saturated rings. The molecule has 0 saturated heterocycles. The number of benzene rings is 3. The van der Waals surface area contributed by atoms with Crippen molar-refractivity contribution in [2.24, 2.45) is 11.3 Å². The van der Waals surface area contributed by atoms with Crippen LogP contribution in [0.5, 0.6) is 0 Å². The van der Waals surface area contributed by atoms with Gasteiger partial charge in [0.1, 0.15) is 31.5 Å². The van der Waals surface area contributed by atoms with Crippen molar-refractivity contribution in [3.05, 3.63) is 129 Å². The number of anilines is 3. The van der Waals surface area contributed by atoms with E-state index in [9.17, 15) is 19.6 Å². The molecule has 1 aliphatic carbocycles. The van der Waals surface area contributed by atoms with Gasteiger partial charge in [0.2, 0.25) is 0 Å². The maximum Gasteiger partial charge on any atom is 0.348 e. The minimum atomic E-state index is -1.31. The number of carbonyl (C=O) groups is 3. The monoisotopic (exact) mass is 951 g/mol. The molecule has 1 aliphatic rings. The molecule has 0 heterocycles. The van der Waals surface area contributed by atoms with E-state index in [2.05, 4.69) is 40.3 Å². The third kappa shape index (κ3) is 17.9. The lowest BCUT2D eigenvalue weighted by Crippen LogP contribution is -2.39. The maximum atomic E-state index is 13.7. The number of carbonyl (C=O) groups excluding carboxylic acids is 3. The van der Waals surface area contributed by atoms with Gasteiger partial charge in [-0.15, -0.1) is 0 Å². The number of esters is 3. The third-order valence-corrected chi connectivity index (χ3v) is 12.7. The number of nitriles is 1. The van der Waals surface area contributed by atoms with Crippen LogP contribution in [0.4, 0.5) is 17.1 Å². The topological polar surface area (TPSA) is 121 Å². The van der Waals surface area contributed by atoms with Crippen LogP contribution in [0.2, 0.25) is 0 Å². The summed E-state index contributed by atoms with van der Waals surface area (Å²) in [5.74, 6) is -2.04. The Morgan fingerprint density at radius 3 is 1.44 bits per heavy atom. The first-order valence-corrected chi connectivity index (χ1v) is 25.2. The average molecular weight is 951 g/mol. The largest absolute Gasteiger partial charge is 0.470 e. The summed E-state index contributed by atoms with van der Waals surface area (Å²) in [5, 5.41) is 10.0. The molecule has 0 aliphatic heterocycles. The zero-order valence-electron chi connectivity index (χ0n) is 42.5. The normalized spacial score (nSPS) is 14.0. The fourth-order valence-electron chi connectivity index (χ4n) is 8.50. The predicted molar refractivity (Wildman–Crippen MR) is 282 cm³/mol. The van der Waals surface area contributed by atoms with Gasteiger partial charge in [0.05, 0.1) is 18.6 Å². The highest BCUT2D eigenvalue weighted by Gasteiger charge is 2.36. The Morgan fingerprint density at radius 1 is 0.614 bits per heavy atom. The Bertz CT molecular complexity index is 2340. The Hall–Kier alpha value is -6.84. The standard InChI is InChI=1S/C58H74N6O6/c1-9-13-34-63(35-14-10-2)51-29-23-46(24-30-51)38-53(60-5)56(66)69-43-58(33-12-4,42-68-55(65)49(40-59)37-45-21-27-50(28-22-45)62(7)8)44-70-57(67)54(61-6)39-47-25-31-52(32-26-47)64(36-15-11-3)41-48-19-17-16-18-20-48/h21-32,37-39,48H,9-20,33-36,41-44H2,1-4,7-8H3/b49-37+,53-38-,54-39-. The second kappa shape index (κ2) is 29.9. The molecular formula is C58H74N6O6. The number of hydrogen-bond acceptors (Lipinski definition) is 10. The maximum absolute atomic E-state index is 13.7. The highest BCUT2D eigenvalue weighted by Crippen LogP contribution is 2.30. The lowest BCUT2D eigenvalue weighted by Gasteiger charge is -2.32. The zero-order chi connectivity index (χ0) is 50.7. The highest BCUT2D eigenvalue weighted by atomic mass is 16.6. The smallest absolute Gasteiger partial charge is 0.348 e. The van der Waals surface area contributed by atoms with Crippen LogP contribution in [-0.4, -0.2) is 78.0 Å². The van der Waals surface area contributed by atoms with Crippen molar-refractivity contribution in [3.8, 4) is 6.07 Å². The third-order valence-electron chi connectivity index (χ3n) is 12.7. The van der Waals surface area contributed by atoms with E-state index < -0.39 is 43.1 Å². The van der Waals surface area contributed by atoms with Gasteiger partial charge >= 0.3 is 17.9 Å². The molecule has 0 spiro atoms. The Morgan fingerprint density at radius 2 is 1.03 bits per heavy atom. The van der Waals surface area contributed by atoms with Gasteiger partial charge in [-0.05, 0) is 116 Å². The van der Waals surface area contributed by atoms with Crippen LogP contribution in [0.15, 0.2) is 89.8 Å². The fraction of sp³-hybridized carbons (Fsp3) is 0.483. The van der Waals surface area contributed by atoms with Gasteiger partial charge in [-0.25, -0.2) is 14.5 Å². The Kier molecular flexibility index (Phi) is 23.8. The quantitative estimate of drug-likeness (QED) is 0.0229. The van der Waals surface area contributed by atoms with E-state index in [1.807, 2.05) is 92.7 Å². The molecule has 12 nitrogen and oxygen atoms in total. The Labute approximate surface area is 418 Å². The molecule has 3 aromatic carbocycles. The van der Waals surface area contributed by atoms with Crippen molar-refractivity contribution < 1.29 is 28.6 Å². The zero-order valence-corrected chi connectivity index (χ0v) is 42.5. The number of ether oxygens (including phenoxy) is 3. The molecule has 70 heavy (non-hydrogen) atoms. The van der Waals surface area contributed by atoms with Crippen LogP contribution in [-0.2, 0) is 28.6 Å². The molecule has 4 rings (SSSR count). The van der Waals surface area contributed by atoms with Crippen molar-refractivity contribution in [2.45, 2.75) is 111 Å². The first-order chi connectivity index (χ1) is 33.9. The van der Waals surface area contributed by atoms with E-state index in [0.717, 1.165) is 81.8 Å². The van der Waals surface area contributed by atoms with Crippen molar-refractivity contribution in [3.63, 3.8) is 0 Å². The number of unbranched alkanes of at least 4 members (excludes halogenated alkanes) is 3. The molecule has 3 aromatic rings. The van der Waals surface area contributed by atoms with Gasteiger partial charge in [-0.2, -0.15) is 5.26 Å². The number of rotatable bonds is 28. The van der Waals surface area contributed by atoms with Gasteiger partial charge in [0.15, 0.2) is 0 Å². The van der Waals surface area contributed by atoms with Crippen molar-refractivity contribution in [1.82, 2.24) is 0 Å². The summed E-state index contributed by atoms with van der Waals surface area (Å²) >= 11 is 0. The predicted octanol–water partition coefficient (Wildman–Crippen LogP) is 12.6. The van der Waals surface area contributed by atoms with Crippen LogP contribution < -0.4 is 14.7 Å². The lowest BCUT2D eigenvalue weighted by molar-refractivity contribution is -0.157. The van der Waals surface area contributed by atoms with E-state index in [4.69, 9.17) is 27.4 Å². The number of nitrogens with zero attached hydrogens (tertiary/aromatic N) is 6. The van der Waals surface area contributed by atoms with Crippen LogP contribution >= 0.6 is 0 Å². The molecule has 12 heteroatoms. The van der Waals surface area contributed by atoms with Gasteiger partial charge in [-0.1, -0.05) is 109 Å². The molecule has 0 aromatic heterocycles. The SMILES string of the molecule is [C-]#[N+]/C(=C\c1ccc(N(CCCC)CCCC)cc1)C(=O)OCC(CCC)(COC(=O)/C(=C/c1ccc(N(CCCC)CC2CCCCC2)cc1)[N+]#[C-])COC(=O)/C(C#N)=C/c1ccc(N(C)C)cc1. The Balaban J connectivity index is 1.58. The van der Waals surface area contributed by atoms with Gasteiger partial charge < -0.3 is 28.9 Å². The van der Waals surface area contributed by atoms with Gasteiger partial charge in [0.25, 0.3) is 11.4 Å². The van der Waals surface area contributed by atoms with E-state index in [1.165, 1.54) is 50.3 Å². The lowest BCUT2D eigenvalue weighted by atomic mass is 9.85. The van der Waals surface area contributed by atoms with Gasteiger partial charge in [-0.3, -0.25) is 9.59 Å². The first kappa shape index (κ1) is 55.8. The summed E-state index contributed by atoms with van der Waals surface area (Å²) in [6.07, 6.45) is 18.0. The second-order valence-electron chi connectivity index (χ2n) is 18.6. The summed E-state index contributed by atoms with van der Waals surface area (Å²) < 4.78 is 17.4. The summed E-state index contributed by atoms with van der Waals surface area (Å²) in [6, 6.07) is 24.8. The van der Waals surface area contributed by atoms with Crippen molar-refractivity contribution >= 4 is 53.2 Å². The van der Waals surface area contributed by atoms with Crippen LogP contribution in [0.25, 0.3) is 27.9 Å². The first-order valence-electron chi connectivity index (χ1n) is 25.2. The van der Waals surface area contributed by atoms with Crippen molar-refractivity contribution in [1.29, 1.82) is 5.26 Å². The minimum Gasteiger partial charge on any atom is -0.470 e. The summed E-state index contributed by atoms with van der Waals surface area (Å²) in [7, 11) is 3.82. The molecule has 0 radical (unpaired) electrons. The molecular weight excluding hydrogens is 877 g/mol. The highest BCUT2D eigenvalue weighted by molar-refractivity contribution is 5.98. The minimum absolute atomic E-state index is 0.247. The molecule has 0 N–H and O–H groups in total. The van der Waals surface area contributed by atoms with Crippen LogP contribution in [0.3, 0.4) is 0 Å². The average Bonchev–Trinajstić information content (AvgIpc) is 3.38. The fourth-order valence-corrected chi connectivity index (χ4v) is 8.50. The van der Waals surface area contributed by atoms with Crippen LogP contribution in [0.1, 0.15) is 128 Å². The van der Waals surface area contributed by atoms with E-state index in [0.29, 0.717) is 29.0 Å². The molecule has 1 atom stereocenters. The van der Waals surface area contributed by atoms with E-state index in [-0.39, 0.29) is 23.4 Å². The summed E-state index contributed by atoms with van der Waals surface area (Å²) in [4.78, 5) is 54.7. The molecule has 1 saturated carbocycles. The molecule has 0 amide bonds.